The number of amides is 2. The molecule has 14 heteroatoms. The van der Waals surface area contributed by atoms with Gasteiger partial charge in [0.15, 0.2) is 9.84 Å². The van der Waals surface area contributed by atoms with Gasteiger partial charge in [0.05, 0.1) is 16.0 Å². The van der Waals surface area contributed by atoms with Gasteiger partial charge >= 0.3 is 6.18 Å². The van der Waals surface area contributed by atoms with E-state index in [0.717, 1.165) is 35.7 Å². The minimum Gasteiger partial charge on any atom is -0.368 e. The van der Waals surface area contributed by atoms with Gasteiger partial charge in [0.25, 0.3) is 5.91 Å². The molecule has 2 aliphatic rings. The van der Waals surface area contributed by atoms with Gasteiger partial charge in [-0.15, -0.1) is 0 Å². The van der Waals surface area contributed by atoms with E-state index < -0.39 is 81.9 Å². The Hall–Kier alpha value is -3.16. The van der Waals surface area contributed by atoms with Gasteiger partial charge in [-0.2, -0.15) is 13.2 Å². The molecule has 1 aliphatic heterocycles. The van der Waals surface area contributed by atoms with Crippen LogP contribution < -0.4 is 5.73 Å². The highest BCUT2D eigenvalue weighted by molar-refractivity contribution is 7.90. The number of aromatic nitrogens is 1. The number of carbonyl (C=O) groups excluding carboxylic acids is 2. The maximum atomic E-state index is 15.2. The van der Waals surface area contributed by atoms with Gasteiger partial charge < -0.3 is 10.6 Å². The molecular formula is C24H23F6N3O4S. The van der Waals surface area contributed by atoms with Crippen LogP contribution in [-0.2, 0) is 20.8 Å². The van der Waals surface area contributed by atoms with E-state index >= 15 is 4.39 Å². The molecule has 1 aliphatic carbocycles. The number of halogens is 6. The first kappa shape index (κ1) is 27.9. The second-order valence-corrected chi connectivity index (χ2v) is 11.7. The molecule has 2 amide bonds. The first-order valence-electron chi connectivity index (χ1n) is 11.5. The van der Waals surface area contributed by atoms with Crippen molar-refractivity contribution in [2.75, 3.05) is 12.8 Å². The first-order chi connectivity index (χ1) is 17.6. The molecule has 206 valence electrons. The van der Waals surface area contributed by atoms with Crippen LogP contribution in [0.4, 0.5) is 26.3 Å². The topological polar surface area (TPSA) is 110 Å². The maximum Gasteiger partial charge on any atom is 0.416 e. The summed E-state index contributed by atoms with van der Waals surface area (Å²) in [5, 5.41) is 0. The normalized spacial score (nSPS) is 23.1. The van der Waals surface area contributed by atoms with E-state index in [-0.39, 0.29) is 22.1 Å². The largest absolute Gasteiger partial charge is 0.416 e. The number of carbonyl (C=O) groups is 2. The van der Waals surface area contributed by atoms with Gasteiger partial charge in [0, 0.05) is 37.0 Å². The van der Waals surface area contributed by atoms with Crippen molar-refractivity contribution in [3.05, 3.63) is 59.2 Å². The smallest absolute Gasteiger partial charge is 0.368 e. The van der Waals surface area contributed by atoms with E-state index in [1.54, 1.807) is 0 Å². The lowest BCUT2D eigenvalue weighted by Gasteiger charge is -2.42. The molecule has 4 rings (SSSR count). The summed E-state index contributed by atoms with van der Waals surface area (Å²) in [6.45, 7) is -0.673. The number of alkyl halides is 5. The fraction of sp³-hybridized carbons (Fsp3) is 0.458. The van der Waals surface area contributed by atoms with E-state index in [2.05, 4.69) is 4.98 Å². The summed E-state index contributed by atoms with van der Waals surface area (Å²) >= 11 is 0. The van der Waals surface area contributed by atoms with Crippen molar-refractivity contribution in [1.82, 2.24) is 9.88 Å². The van der Waals surface area contributed by atoms with Gasteiger partial charge in [-0.3, -0.25) is 14.6 Å². The van der Waals surface area contributed by atoms with Crippen LogP contribution in [0.1, 0.15) is 46.7 Å². The van der Waals surface area contributed by atoms with Crippen molar-refractivity contribution in [2.24, 2.45) is 17.6 Å². The number of benzene rings is 1. The zero-order chi connectivity index (χ0) is 28.2. The monoisotopic (exact) mass is 563 g/mol. The number of nitrogens with zero attached hydrogens (tertiary/aromatic N) is 2. The third-order valence-corrected chi connectivity index (χ3v) is 8.24. The Balaban J connectivity index is 1.89. The second kappa shape index (κ2) is 9.54. The molecule has 1 saturated carbocycles. The summed E-state index contributed by atoms with van der Waals surface area (Å²) in [4.78, 5) is 31.0. The van der Waals surface area contributed by atoms with Crippen LogP contribution in [0.3, 0.4) is 0 Å². The number of hydrogen-bond donors (Lipinski definition) is 1. The summed E-state index contributed by atoms with van der Waals surface area (Å²) < 4.78 is 107. The van der Waals surface area contributed by atoms with Crippen LogP contribution in [0.25, 0.3) is 0 Å². The molecular weight excluding hydrogens is 540 g/mol. The van der Waals surface area contributed by atoms with E-state index in [1.165, 1.54) is 0 Å². The Labute approximate surface area is 213 Å². The number of nitrogens with two attached hydrogens (primary N) is 1. The average molecular weight is 564 g/mol. The summed E-state index contributed by atoms with van der Waals surface area (Å²) in [7, 11) is -3.82. The minimum atomic E-state index is -4.86. The lowest BCUT2D eigenvalue weighted by Crippen LogP contribution is -2.60. The highest BCUT2D eigenvalue weighted by Gasteiger charge is 2.62. The predicted molar refractivity (Wildman–Crippen MR) is 121 cm³/mol. The van der Waals surface area contributed by atoms with Gasteiger partial charge in [-0.1, -0.05) is 6.07 Å². The van der Waals surface area contributed by atoms with Gasteiger partial charge in [0.1, 0.15) is 11.4 Å². The molecule has 7 nitrogen and oxygen atoms in total. The van der Waals surface area contributed by atoms with Crippen molar-refractivity contribution in [1.29, 1.82) is 0 Å². The van der Waals surface area contributed by atoms with E-state index in [9.17, 15) is 40.0 Å². The van der Waals surface area contributed by atoms with E-state index in [4.69, 9.17) is 5.73 Å². The molecule has 38 heavy (non-hydrogen) atoms. The van der Waals surface area contributed by atoms with Crippen molar-refractivity contribution in [2.45, 2.75) is 48.2 Å². The number of sulfone groups is 1. The molecule has 0 spiro atoms. The highest BCUT2D eigenvalue weighted by atomic mass is 32.2. The average Bonchev–Trinajstić information content (AvgIpc) is 3.56. The Bertz CT molecular complexity index is 1380. The third-order valence-electron chi connectivity index (χ3n) is 7.16. The van der Waals surface area contributed by atoms with Crippen LogP contribution in [0.15, 0.2) is 41.6 Å². The molecule has 0 radical (unpaired) electrons. The van der Waals surface area contributed by atoms with Crippen molar-refractivity contribution in [3.8, 4) is 0 Å². The zero-order valence-electron chi connectivity index (χ0n) is 19.9. The van der Waals surface area contributed by atoms with Crippen LogP contribution in [0, 0.1) is 17.7 Å². The highest BCUT2D eigenvalue weighted by Crippen LogP contribution is 2.56. The fourth-order valence-corrected chi connectivity index (χ4v) is 5.86. The molecule has 3 atom stereocenters. The Morgan fingerprint density at radius 1 is 1.13 bits per heavy atom. The van der Waals surface area contributed by atoms with Crippen molar-refractivity contribution in [3.63, 3.8) is 0 Å². The standard InChI is InChI=1S/C24H23F6N3O4S/c1-38(36,37)16-6-13(9-32-10-16)21(34)33-11-14(20(26)27)8-23(33,22(31)35)19(12-2-3-12)17-5-4-15(7-18(17)25)24(28,29)30/h4-7,9-10,12,14,19-20H,2-3,8,11H2,1H3,(H2,31,35)/t14?,19-,23+/m1/s1. The second-order valence-electron chi connectivity index (χ2n) is 9.73. The summed E-state index contributed by atoms with van der Waals surface area (Å²) in [5.74, 6) is -6.98. The molecule has 2 aromatic rings. The summed E-state index contributed by atoms with van der Waals surface area (Å²) in [6.07, 6.45) is -4.90. The number of pyridine rings is 1. The molecule has 2 N–H and O–H groups in total. The number of likely N-dealkylation sites (tertiary alicyclic amines) is 1. The SMILES string of the molecule is CS(=O)(=O)c1cncc(C(=O)N2CC(C(F)F)C[C@@]2(C(N)=O)[C@@H](c2ccc(C(F)(F)F)cc2F)C2CC2)c1. The fourth-order valence-electron chi connectivity index (χ4n) is 5.27. The molecule has 1 saturated heterocycles. The maximum absolute atomic E-state index is 15.2. The summed E-state index contributed by atoms with van der Waals surface area (Å²) in [5.41, 5.74) is 1.57. The van der Waals surface area contributed by atoms with Crippen LogP contribution in [0.5, 0.6) is 0 Å². The molecule has 2 heterocycles. The Morgan fingerprint density at radius 2 is 1.79 bits per heavy atom. The van der Waals surface area contributed by atoms with Gasteiger partial charge in [-0.05, 0) is 48.9 Å². The van der Waals surface area contributed by atoms with Crippen molar-refractivity contribution >= 4 is 21.7 Å². The molecule has 1 aromatic heterocycles. The molecule has 1 unspecified atom stereocenters. The van der Waals surface area contributed by atoms with E-state index in [0.29, 0.717) is 18.9 Å². The predicted octanol–water partition coefficient (Wildman–Crippen LogP) is 3.79. The third kappa shape index (κ3) is 4.97. The number of hydrogen-bond acceptors (Lipinski definition) is 5. The van der Waals surface area contributed by atoms with Gasteiger partial charge in [-0.25, -0.2) is 21.6 Å². The Kier molecular flexibility index (Phi) is 7.00. The lowest BCUT2D eigenvalue weighted by molar-refractivity contribution is -0.138. The molecule has 2 fully saturated rings. The molecule has 1 aromatic carbocycles. The van der Waals surface area contributed by atoms with Crippen LogP contribution in [-0.4, -0.2) is 54.9 Å². The van der Waals surface area contributed by atoms with E-state index in [1.807, 2.05) is 0 Å². The minimum absolute atomic E-state index is 0.255. The van der Waals surface area contributed by atoms with Crippen LogP contribution in [0.2, 0.25) is 0 Å². The lowest BCUT2D eigenvalue weighted by atomic mass is 9.72. The number of primary amides is 1. The first-order valence-corrected chi connectivity index (χ1v) is 13.4. The zero-order valence-corrected chi connectivity index (χ0v) is 20.7. The number of rotatable bonds is 7. The van der Waals surface area contributed by atoms with Crippen LogP contribution >= 0.6 is 0 Å². The molecule has 0 bridgehead atoms. The van der Waals surface area contributed by atoms with Crippen molar-refractivity contribution < 1.29 is 44.3 Å². The van der Waals surface area contributed by atoms with Gasteiger partial charge in [0.2, 0.25) is 12.3 Å². The Morgan fingerprint density at radius 3 is 2.29 bits per heavy atom. The quantitative estimate of drug-likeness (QED) is 0.516. The summed E-state index contributed by atoms with van der Waals surface area (Å²) in [6, 6.07) is 2.69.